The summed E-state index contributed by atoms with van der Waals surface area (Å²) in [5, 5.41) is 0. The molecule has 1 aliphatic heterocycles. The lowest BCUT2D eigenvalue weighted by Crippen LogP contribution is -2.33. The van der Waals surface area contributed by atoms with Gasteiger partial charge in [0.05, 0.1) is 7.11 Å². The Morgan fingerprint density at radius 3 is 2.72 bits per heavy atom. The van der Waals surface area contributed by atoms with Gasteiger partial charge in [-0.1, -0.05) is 15.9 Å². The molecule has 0 atom stereocenters. The largest absolute Gasteiger partial charge is 0.497 e. The molecular formula is C14H18BrClO2. The SMILES string of the molecule is COc1ccc(Br)c(CC2(CCl)CCOCC2)c1. The van der Waals surface area contributed by atoms with Crippen LogP contribution in [-0.2, 0) is 11.2 Å². The van der Waals surface area contributed by atoms with E-state index in [0.29, 0.717) is 5.88 Å². The molecule has 0 spiro atoms. The zero-order valence-corrected chi connectivity index (χ0v) is 12.9. The third-order valence-corrected chi connectivity index (χ3v) is 5.00. The van der Waals surface area contributed by atoms with Gasteiger partial charge in [0, 0.05) is 23.6 Å². The summed E-state index contributed by atoms with van der Waals surface area (Å²) in [7, 11) is 1.69. The average Bonchev–Trinajstić information content (AvgIpc) is 2.42. The second kappa shape index (κ2) is 6.27. The molecule has 1 saturated heterocycles. The van der Waals surface area contributed by atoms with Crippen molar-refractivity contribution in [1.29, 1.82) is 0 Å². The van der Waals surface area contributed by atoms with Gasteiger partial charge < -0.3 is 9.47 Å². The molecule has 1 aromatic rings. The number of ether oxygens (including phenoxy) is 2. The molecule has 0 bridgehead atoms. The highest BCUT2D eigenvalue weighted by Crippen LogP contribution is 2.38. The molecule has 4 heteroatoms. The molecule has 0 unspecified atom stereocenters. The molecule has 2 rings (SSSR count). The number of halogens is 2. The van der Waals surface area contributed by atoms with Crippen molar-refractivity contribution in [2.45, 2.75) is 19.3 Å². The first kappa shape index (κ1) is 14.2. The quantitative estimate of drug-likeness (QED) is 0.774. The van der Waals surface area contributed by atoms with Crippen LogP contribution in [-0.4, -0.2) is 26.2 Å². The Morgan fingerprint density at radius 1 is 1.39 bits per heavy atom. The summed E-state index contributed by atoms with van der Waals surface area (Å²) in [5.74, 6) is 1.57. The van der Waals surface area contributed by atoms with Gasteiger partial charge in [0.15, 0.2) is 0 Å². The molecule has 1 fully saturated rings. The smallest absolute Gasteiger partial charge is 0.119 e. The summed E-state index contributed by atoms with van der Waals surface area (Å²) in [4.78, 5) is 0. The molecule has 100 valence electrons. The topological polar surface area (TPSA) is 18.5 Å². The van der Waals surface area contributed by atoms with E-state index in [2.05, 4.69) is 22.0 Å². The van der Waals surface area contributed by atoms with E-state index in [0.717, 1.165) is 42.7 Å². The molecule has 0 N–H and O–H groups in total. The number of rotatable bonds is 4. The van der Waals surface area contributed by atoms with Crippen LogP contribution in [0.3, 0.4) is 0 Å². The zero-order chi connectivity index (χ0) is 13.0. The van der Waals surface area contributed by atoms with E-state index >= 15 is 0 Å². The van der Waals surface area contributed by atoms with Gasteiger partial charge in [0.1, 0.15) is 5.75 Å². The molecule has 0 saturated carbocycles. The summed E-state index contributed by atoms with van der Waals surface area (Å²) in [6, 6.07) is 6.09. The van der Waals surface area contributed by atoms with E-state index in [1.807, 2.05) is 12.1 Å². The maximum absolute atomic E-state index is 6.21. The number of benzene rings is 1. The lowest BCUT2D eigenvalue weighted by Gasteiger charge is -2.36. The number of hydrogen-bond donors (Lipinski definition) is 0. The molecule has 18 heavy (non-hydrogen) atoms. The van der Waals surface area contributed by atoms with Crippen LogP contribution in [0.2, 0.25) is 0 Å². The van der Waals surface area contributed by atoms with Gasteiger partial charge in [0.2, 0.25) is 0 Å². The lowest BCUT2D eigenvalue weighted by atomic mass is 9.77. The minimum Gasteiger partial charge on any atom is -0.497 e. The summed E-state index contributed by atoms with van der Waals surface area (Å²) < 4.78 is 11.9. The molecule has 0 radical (unpaired) electrons. The monoisotopic (exact) mass is 332 g/mol. The minimum absolute atomic E-state index is 0.161. The van der Waals surface area contributed by atoms with E-state index < -0.39 is 0 Å². The maximum atomic E-state index is 6.21. The Balaban J connectivity index is 2.20. The minimum atomic E-state index is 0.161. The normalized spacial score (nSPS) is 18.6. The van der Waals surface area contributed by atoms with Crippen molar-refractivity contribution < 1.29 is 9.47 Å². The van der Waals surface area contributed by atoms with Gasteiger partial charge in [-0.25, -0.2) is 0 Å². The van der Waals surface area contributed by atoms with E-state index in [1.54, 1.807) is 7.11 Å². The Morgan fingerprint density at radius 2 is 2.11 bits per heavy atom. The van der Waals surface area contributed by atoms with Crippen LogP contribution in [0.4, 0.5) is 0 Å². The first-order valence-corrected chi connectivity index (χ1v) is 7.48. The molecule has 0 aliphatic carbocycles. The second-order valence-electron chi connectivity index (χ2n) is 4.88. The molecule has 1 aliphatic rings. The number of alkyl halides is 1. The van der Waals surface area contributed by atoms with Gasteiger partial charge in [-0.3, -0.25) is 0 Å². The lowest BCUT2D eigenvalue weighted by molar-refractivity contribution is 0.0257. The fourth-order valence-electron chi connectivity index (χ4n) is 2.38. The van der Waals surface area contributed by atoms with Gasteiger partial charge in [-0.2, -0.15) is 0 Å². The van der Waals surface area contributed by atoms with Crippen molar-refractivity contribution in [3.63, 3.8) is 0 Å². The Hall–Kier alpha value is -0.250. The highest BCUT2D eigenvalue weighted by molar-refractivity contribution is 9.10. The number of methoxy groups -OCH3 is 1. The van der Waals surface area contributed by atoms with Crippen LogP contribution < -0.4 is 4.74 Å². The highest BCUT2D eigenvalue weighted by atomic mass is 79.9. The predicted octanol–water partition coefficient (Wildman–Crippen LogP) is 4.04. The second-order valence-corrected chi connectivity index (χ2v) is 6.00. The first-order valence-electron chi connectivity index (χ1n) is 6.15. The Kier molecular flexibility index (Phi) is 4.93. The van der Waals surface area contributed by atoms with Crippen LogP contribution in [0.25, 0.3) is 0 Å². The molecule has 2 nitrogen and oxygen atoms in total. The summed E-state index contributed by atoms with van der Waals surface area (Å²) in [5.41, 5.74) is 1.42. The van der Waals surface area contributed by atoms with Crippen LogP contribution in [0.1, 0.15) is 18.4 Å². The van der Waals surface area contributed by atoms with Gasteiger partial charge in [0.25, 0.3) is 0 Å². The van der Waals surface area contributed by atoms with Crippen LogP contribution in [0.15, 0.2) is 22.7 Å². The Bertz CT molecular complexity index is 403. The average molecular weight is 334 g/mol. The van der Waals surface area contributed by atoms with Crippen LogP contribution in [0, 0.1) is 5.41 Å². The van der Waals surface area contributed by atoms with Crippen molar-refractivity contribution in [2.24, 2.45) is 5.41 Å². The van der Waals surface area contributed by atoms with Crippen molar-refractivity contribution in [2.75, 3.05) is 26.2 Å². The third-order valence-electron chi connectivity index (χ3n) is 3.66. The fraction of sp³-hybridized carbons (Fsp3) is 0.571. The summed E-state index contributed by atoms with van der Waals surface area (Å²) >= 11 is 9.82. The van der Waals surface area contributed by atoms with E-state index in [9.17, 15) is 0 Å². The van der Waals surface area contributed by atoms with E-state index in [1.165, 1.54) is 5.56 Å². The summed E-state index contributed by atoms with van der Waals surface area (Å²) in [6.45, 7) is 1.63. The molecule has 0 amide bonds. The maximum Gasteiger partial charge on any atom is 0.119 e. The van der Waals surface area contributed by atoms with E-state index in [-0.39, 0.29) is 5.41 Å². The molecule has 1 aromatic carbocycles. The van der Waals surface area contributed by atoms with Gasteiger partial charge in [-0.15, -0.1) is 11.6 Å². The van der Waals surface area contributed by atoms with Gasteiger partial charge in [-0.05, 0) is 48.4 Å². The van der Waals surface area contributed by atoms with E-state index in [4.69, 9.17) is 21.1 Å². The van der Waals surface area contributed by atoms with Gasteiger partial charge >= 0.3 is 0 Å². The highest BCUT2D eigenvalue weighted by Gasteiger charge is 2.32. The van der Waals surface area contributed by atoms with Crippen molar-refractivity contribution in [3.05, 3.63) is 28.2 Å². The fourth-order valence-corrected chi connectivity index (χ4v) is 3.13. The number of hydrogen-bond acceptors (Lipinski definition) is 2. The van der Waals surface area contributed by atoms with Crippen molar-refractivity contribution in [3.8, 4) is 5.75 Å². The van der Waals surface area contributed by atoms with Crippen molar-refractivity contribution in [1.82, 2.24) is 0 Å². The molecule has 1 heterocycles. The predicted molar refractivity (Wildman–Crippen MR) is 77.6 cm³/mol. The third kappa shape index (κ3) is 3.19. The Labute approximate surface area is 122 Å². The zero-order valence-electron chi connectivity index (χ0n) is 10.5. The standard InChI is InChI=1S/C14H18BrClO2/c1-17-12-2-3-13(15)11(8-12)9-14(10-16)4-6-18-7-5-14/h2-3,8H,4-7,9-10H2,1H3. The summed E-state index contributed by atoms with van der Waals surface area (Å²) in [6.07, 6.45) is 3.03. The van der Waals surface area contributed by atoms with Crippen LogP contribution >= 0.6 is 27.5 Å². The molecule has 0 aromatic heterocycles. The first-order chi connectivity index (χ1) is 8.69. The molecular weight excluding hydrogens is 316 g/mol. The van der Waals surface area contributed by atoms with Crippen molar-refractivity contribution >= 4 is 27.5 Å². The van der Waals surface area contributed by atoms with Crippen LogP contribution in [0.5, 0.6) is 5.75 Å².